The lowest BCUT2D eigenvalue weighted by Gasteiger charge is -2.31. The quantitative estimate of drug-likeness (QED) is 0.616. The van der Waals surface area contributed by atoms with Crippen LogP contribution in [-0.2, 0) is 4.79 Å². The van der Waals surface area contributed by atoms with Gasteiger partial charge in [-0.3, -0.25) is 9.69 Å². The summed E-state index contributed by atoms with van der Waals surface area (Å²) in [6.07, 6.45) is 2.21. The van der Waals surface area contributed by atoms with E-state index in [2.05, 4.69) is 17.3 Å². The van der Waals surface area contributed by atoms with Gasteiger partial charge in [-0.15, -0.1) is 0 Å². The standard InChI is InChI=1S/C10H19N3O/c1-12-6-2-3-9(12)10(14)13-7-4-11-5-8-13/h9,11H,2-8H2,1H3/t9-/m1/s1. The lowest BCUT2D eigenvalue weighted by atomic mass is 10.2. The Morgan fingerprint density at radius 2 is 2.00 bits per heavy atom. The largest absolute Gasteiger partial charge is 0.339 e. The van der Waals surface area contributed by atoms with Crippen LogP contribution >= 0.6 is 0 Å². The molecule has 2 aliphatic rings. The Kier molecular flexibility index (Phi) is 3.03. The van der Waals surface area contributed by atoms with Gasteiger partial charge in [-0.25, -0.2) is 0 Å². The normalized spacial score (nSPS) is 29.5. The van der Waals surface area contributed by atoms with Gasteiger partial charge in [-0.1, -0.05) is 0 Å². The van der Waals surface area contributed by atoms with Crippen molar-refractivity contribution < 1.29 is 4.79 Å². The van der Waals surface area contributed by atoms with Crippen molar-refractivity contribution in [3.8, 4) is 0 Å². The van der Waals surface area contributed by atoms with Gasteiger partial charge in [0.05, 0.1) is 6.04 Å². The van der Waals surface area contributed by atoms with Crippen LogP contribution < -0.4 is 5.32 Å². The monoisotopic (exact) mass is 197 g/mol. The third kappa shape index (κ3) is 1.91. The van der Waals surface area contributed by atoms with Gasteiger partial charge in [0.2, 0.25) is 5.91 Å². The van der Waals surface area contributed by atoms with Gasteiger partial charge in [0.15, 0.2) is 0 Å². The fraction of sp³-hybridized carbons (Fsp3) is 0.900. The number of nitrogens with one attached hydrogen (secondary N) is 1. The van der Waals surface area contributed by atoms with Crippen molar-refractivity contribution in [3.05, 3.63) is 0 Å². The Morgan fingerprint density at radius 3 is 2.57 bits per heavy atom. The third-order valence-electron chi connectivity index (χ3n) is 3.23. The first-order chi connectivity index (χ1) is 6.79. The minimum atomic E-state index is 0.160. The number of hydrogen-bond donors (Lipinski definition) is 1. The third-order valence-corrected chi connectivity index (χ3v) is 3.23. The molecular weight excluding hydrogens is 178 g/mol. The summed E-state index contributed by atoms with van der Waals surface area (Å²) < 4.78 is 0. The van der Waals surface area contributed by atoms with Crippen LogP contribution in [0.25, 0.3) is 0 Å². The molecule has 0 saturated carbocycles. The van der Waals surface area contributed by atoms with Crippen LogP contribution in [0.4, 0.5) is 0 Å². The summed E-state index contributed by atoms with van der Waals surface area (Å²) in [5, 5.41) is 3.26. The molecule has 2 rings (SSSR count). The summed E-state index contributed by atoms with van der Waals surface area (Å²) in [5.74, 6) is 0.339. The maximum Gasteiger partial charge on any atom is 0.240 e. The lowest BCUT2D eigenvalue weighted by Crippen LogP contribution is -2.51. The minimum absolute atomic E-state index is 0.160. The molecule has 0 radical (unpaired) electrons. The fourth-order valence-corrected chi connectivity index (χ4v) is 2.32. The number of carbonyl (C=O) groups is 1. The molecule has 80 valence electrons. The van der Waals surface area contributed by atoms with Crippen LogP contribution in [0.15, 0.2) is 0 Å². The molecule has 0 spiro atoms. The molecule has 1 amide bonds. The first-order valence-electron chi connectivity index (χ1n) is 5.49. The zero-order chi connectivity index (χ0) is 9.97. The number of hydrogen-bond acceptors (Lipinski definition) is 3. The van der Waals surface area contributed by atoms with Crippen LogP contribution in [0, 0.1) is 0 Å². The van der Waals surface area contributed by atoms with E-state index in [0.717, 1.165) is 39.1 Å². The maximum absolute atomic E-state index is 12.1. The van der Waals surface area contributed by atoms with Gasteiger partial charge in [0.1, 0.15) is 0 Å². The maximum atomic E-state index is 12.1. The first-order valence-corrected chi connectivity index (χ1v) is 5.49. The molecule has 1 atom stereocenters. The fourth-order valence-electron chi connectivity index (χ4n) is 2.32. The molecule has 14 heavy (non-hydrogen) atoms. The summed E-state index contributed by atoms with van der Waals surface area (Å²) in [5.41, 5.74) is 0. The molecule has 0 bridgehead atoms. The molecular formula is C10H19N3O. The molecule has 2 fully saturated rings. The van der Waals surface area contributed by atoms with E-state index in [-0.39, 0.29) is 6.04 Å². The SMILES string of the molecule is CN1CCC[C@@H]1C(=O)N1CCNCC1. The summed E-state index contributed by atoms with van der Waals surface area (Å²) in [6, 6.07) is 0.160. The van der Waals surface area contributed by atoms with E-state index in [9.17, 15) is 4.79 Å². The van der Waals surface area contributed by atoms with E-state index in [1.165, 1.54) is 6.42 Å². The summed E-state index contributed by atoms with van der Waals surface area (Å²) in [4.78, 5) is 16.3. The molecule has 4 nitrogen and oxygen atoms in total. The van der Waals surface area contributed by atoms with Crippen LogP contribution in [0.3, 0.4) is 0 Å². The molecule has 0 aromatic carbocycles. The van der Waals surface area contributed by atoms with Gasteiger partial charge in [0.25, 0.3) is 0 Å². The van der Waals surface area contributed by atoms with Gasteiger partial charge in [0, 0.05) is 26.2 Å². The predicted molar refractivity (Wildman–Crippen MR) is 55.1 cm³/mol. The van der Waals surface area contributed by atoms with E-state index >= 15 is 0 Å². The minimum Gasteiger partial charge on any atom is -0.339 e. The van der Waals surface area contributed by atoms with Crippen molar-refractivity contribution in [1.29, 1.82) is 0 Å². The Hall–Kier alpha value is -0.610. The summed E-state index contributed by atoms with van der Waals surface area (Å²) in [6.45, 7) is 4.72. The van der Waals surface area contributed by atoms with Crippen molar-refractivity contribution >= 4 is 5.91 Å². The second kappa shape index (κ2) is 4.28. The van der Waals surface area contributed by atoms with Gasteiger partial charge < -0.3 is 10.2 Å². The highest BCUT2D eigenvalue weighted by molar-refractivity contribution is 5.82. The van der Waals surface area contributed by atoms with Gasteiger partial charge in [-0.05, 0) is 26.4 Å². The number of likely N-dealkylation sites (N-methyl/N-ethyl adjacent to an activating group) is 1. The Morgan fingerprint density at radius 1 is 1.29 bits per heavy atom. The molecule has 0 aliphatic carbocycles. The number of nitrogens with zero attached hydrogens (tertiary/aromatic N) is 2. The van der Waals surface area contributed by atoms with Crippen LogP contribution in [0.1, 0.15) is 12.8 Å². The van der Waals surface area contributed by atoms with Crippen LogP contribution in [0.2, 0.25) is 0 Å². The predicted octanol–water partition coefficient (Wildman–Crippen LogP) is -0.488. The van der Waals surface area contributed by atoms with E-state index in [4.69, 9.17) is 0 Å². The average Bonchev–Trinajstić information content (AvgIpc) is 2.65. The van der Waals surface area contributed by atoms with Crippen LogP contribution in [0.5, 0.6) is 0 Å². The van der Waals surface area contributed by atoms with Gasteiger partial charge >= 0.3 is 0 Å². The lowest BCUT2D eigenvalue weighted by molar-refractivity contribution is -0.136. The smallest absolute Gasteiger partial charge is 0.240 e. The number of amides is 1. The van der Waals surface area contributed by atoms with E-state index in [1.54, 1.807) is 0 Å². The molecule has 2 heterocycles. The van der Waals surface area contributed by atoms with E-state index in [0.29, 0.717) is 5.91 Å². The van der Waals surface area contributed by atoms with Crippen molar-refractivity contribution in [1.82, 2.24) is 15.1 Å². The van der Waals surface area contributed by atoms with Crippen molar-refractivity contribution in [2.45, 2.75) is 18.9 Å². The van der Waals surface area contributed by atoms with Crippen molar-refractivity contribution in [2.24, 2.45) is 0 Å². The molecule has 2 saturated heterocycles. The van der Waals surface area contributed by atoms with Gasteiger partial charge in [-0.2, -0.15) is 0 Å². The number of piperazine rings is 1. The number of likely N-dealkylation sites (tertiary alicyclic amines) is 1. The molecule has 4 heteroatoms. The molecule has 1 N–H and O–H groups in total. The Labute approximate surface area is 85.2 Å². The second-order valence-electron chi connectivity index (χ2n) is 4.21. The van der Waals surface area contributed by atoms with Crippen molar-refractivity contribution in [3.63, 3.8) is 0 Å². The topological polar surface area (TPSA) is 35.6 Å². The molecule has 0 aromatic rings. The van der Waals surface area contributed by atoms with Crippen molar-refractivity contribution in [2.75, 3.05) is 39.8 Å². The summed E-state index contributed by atoms with van der Waals surface area (Å²) in [7, 11) is 2.05. The number of carbonyl (C=O) groups excluding carboxylic acids is 1. The highest BCUT2D eigenvalue weighted by atomic mass is 16.2. The molecule has 0 aromatic heterocycles. The Bertz CT molecular complexity index is 213. The highest BCUT2D eigenvalue weighted by Crippen LogP contribution is 2.17. The number of rotatable bonds is 1. The first kappa shape index (κ1) is 9.93. The summed E-state index contributed by atoms with van der Waals surface area (Å²) >= 11 is 0. The Balaban J connectivity index is 1.92. The highest BCUT2D eigenvalue weighted by Gasteiger charge is 2.31. The second-order valence-corrected chi connectivity index (χ2v) is 4.21. The zero-order valence-electron chi connectivity index (χ0n) is 8.83. The van der Waals surface area contributed by atoms with Crippen LogP contribution in [-0.4, -0.2) is 61.5 Å². The van der Waals surface area contributed by atoms with E-state index < -0.39 is 0 Å². The molecule has 0 unspecified atom stereocenters. The molecule has 2 aliphatic heterocycles. The van der Waals surface area contributed by atoms with E-state index in [1.807, 2.05) is 4.90 Å². The average molecular weight is 197 g/mol. The zero-order valence-corrected chi connectivity index (χ0v) is 8.83.